The van der Waals surface area contributed by atoms with Crippen molar-refractivity contribution in [2.45, 2.75) is 83.4 Å². The van der Waals surface area contributed by atoms with Crippen LogP contribution in [-0.2, 0) is 10.1 Å². The highest BCUT2D eigenvalue weighted by molar-refractivity contribution is 7.86. The summed E-state index contributed by atoms with van der Waals surface area (Å²) in [5.41, 5.74) is 0. The molecule has 140 valence electrons. The molecule has 0 aliphatic carbocycles. The zero-order valence-corrected chi connectivity index (χ0v) is 16.1. The van der Waals surface area contributed by atoms with Gasteiger partial charge in [0.1, 0.15) is 16.7 Å². The molecule has 2 atom stereocenters. The van der Waals surface area contributed by atoms with Crippen molar-refractivity contribution >= 4 is 10.1 Å². The van der Waals surface area contributed by atoms with Crippen molar-refractivity contribution in [3.63, 3.8) is 0 Å². The molecule has 0 aliphatic rings. The number of unbranched alkanes of at least 4 members (excludes halogenated alkanes) is 9. The van der Waals surface area contributed by atoms with E-state index in [0.717, 1.165) is 19.3 Å². The number of hydrogen-bond donors (Lipinski definition) is 1. The quantitative estimate of drug-likeness (QED) is 0.279. The summed E-state index contributed by atoms with van der Waals surface area (Å²) in [6.07, 6.45) is 12.2. The SMILES string of the molecule is CCCCCCCCCCCC[N+](C)(CCO)C(C)S(=O)(=O)[O-]. The van der Waals surface area contributed by atoms with Crippen LogP contribution in [0.4, 0.5) is 0 Å². The van der Waals surface area contributed by atoms with Crippen LogP contribution in [0.2, 0.25) is 0 Å². The lowest BCUT2D eigenvalue weighted by molar-refractivity contribution is -0.919. The molecule has 5 nitrogen and oxygen atoms in total. The van der Waals surface area contributed by atoms with Crippen LogP contribution in [0.15, 0.2) is 0 Å². The Bertz CT molecular complexity index is 386. The van der Waals surface area contributed by atoms with Gasteiger partial charge in [0.2, 0.25) is 0 Å². The van der Waals surface area contributed by atoms with E-state index in [0.29, 0.717) is 13.1 Å². The predicted octanol–water partition coefficient (Wildman–Crippen LogP) is 3.24. The smallest absolute Gasteiger partial charge is 0.176 e. The Balaban J connectivity index is 3.93. The Morgan fingerprint density at radius 2 is 1.35 bits per heavy atom. The first-order valence-corrected chi connectivity index (χ1v) is 10.6. The van der Waals surface area contributed by atoms with E-state index < -0.39 is 15.5 Å². The van der Waals surface area contributed by atoms with E-state index in [1.54, 1.807) is 7.05 Å². The number of likely N-dealkylation sites (N-methyl/N-ethyl adjacent to an activating group) is 1. The summed E-state index contributed by atoms with van der Waals surface area (Å²) in [6, 6.07) is 0. The maximum Gasteiger partial charge on any atom is 0.176 e. The first-order valence-electron chi connectivity index (χ1n) is 9.17. The third kappa shape index (κ3) is 10.3. The maximum atomic E-state index is 11.3. The summed E-state index contributed by atoms with van der Waals surface area (Å²) in [5, 5.41) is 8.16. The van der Waals surface area contributed by atoms with Crippen molar-refractivity contribution in [2.24, 2.45) is 0 Å². The molecule has 0 aromatic rings. The van der Waals surface area contributed by atoms with Gasteiger partial charge >= 0.3 is 0 Å². The minimum absolute atomic E-state index is 0.103. The van der Waals surface area contributed by atoms with E-state index in [2.05, 4.69) is 6.92 Å². The zero-order valence-electron chi connectivity index (χ0n) is 15.3. The van der Waals surface area contributed by atoms with Gasteiger partial charge in [-0.25, -0.2) is 8.42 Å². The molecule has 0 radical (unpaired) electrons. The topological polar surface area (TPSA) is 77.4 Å². The van der Waals surface area contributed by atoms with Gasteiger partial charge in [-0.05, 0) is 12.8 Å². The molecule has 0 spiro atoms. The summed E-state index contributed by atoms with van der Waals surface area (Å²) in [4.78, 5) is 0. The van der Waals surface area contributed by atoms with Gasteiger partial charge < -0.3 is 14.1 Å². The molecule has 0 bridgehead atoms. The van der Waals surface area contributed by atoms with Gasteiger partial charge in [0.15, 0.2) is 5.37 Å². The van der Waals surface area contributed by atoms with Crippen molar-refractivity contribution in [2.75, 3.05) is 26.7 Å². The van der Waals surface area contributed by atoms with Crippen LogP contribution in [0, 0.1) is 0 Å². The third-order valence-corrected chi connectivity index (χ3v) is 6.27. The average molecular weight is 352 g/mol. The molecule has 0 aromatic heterocycles. The van der Waals surface area contributed by atoms with Crippen molar-refractivity contribution in [1.82, 2.24) is 0 Å². The molecule has 0 aliphatic heterocycles. The Hall–Kier alpha value is -0.170. The molecule has 0 fully saturated rings. The first kappa shape index (κ1) is 22.8. The minimum atomic E-state index is -4.33. The lowest BCUT2D eigenvalue weighted by Crippen LogP contribution is -2.56. The molecule has 0 rings (SSSR count). The highest BCUT2D eigenvalue weighted by Crippen LogP contribution is 2.18. The van der Waals surface area contributed by atoms with Gasteiger partial charge in [-0.15, -0.1) is 0 Å². The molecule has 0 saturated carbocycles. The molecule has 0 saturated heterocycles. The van der Waals surface area contributed by atoms with Gasteiger partial charge in [0, 0.05) is 6.92 Å². The number of nitrogens with zero attached hydrogens (tertiary/aromatic N) is 1. The number of hydrogen-bond acceptors (Lipinski definition) is 4. The third-order valence-electron chi connectivity index (χ3n) is 4.93. The van der Waals surface area contributed by atoms with Crippen molar-refractivity contribution in [1.29, 1.82) is 0 Å². The second-order valence-electron chi connectivity index (χ2n) is 6.92. The Kier molecular flexibility index (Phi) is 12.1. The van der Waals surface area contributed by atoms with Crippen molar-refractivity contribution in [3.8, 4) is 0 Å². The largest absolute Gasteiger partial charge is 0.743 e. The Morgan fingerprint density at radius 3 is 1.74 bits per heavy atom. The molecule has 1 N–H and O–H groups in total. The number of aliphatic hydroxyl groups excluding tert-OH is 1. The van der Waals surface area contributed by atoms with Gasteiger partial charge in [0.05, 0.1) is 20.2 Å². The van der Waals surface area contributed by atoms with Crippen LogP contribution in [0.1, 0.15) is 78.1 Å². The number of rotatable bonds is 15. The van der Waals surface area contributed by atoms with E-state index in [1.807, 2.05) is 0 Å². The van der Waals surface area contributed by atoms with Crippen molar-refractivity contribution < 1.29 is 22.6 Å². The zero-order chi connectivity index (χ0) is 17.8. The molecule has 2 unspecified atom stereocenters. The molecule has 0 heterocycles. The monoisotopic (exact) mass is 351 g/mol. The van der Waals surface area contributed by atoms with Crippen LogP contribution in [-0.4, -0.2) is 54.7 Å². The lowest BCUT2D eigenvalue weighted by atomic mass is 10.1. The predicted molar refractivity (Wildman–Crippen MR) is 94.0 cm³/mol. The highest BCUT2D eigenvalue weighted by atomic mass is 32.2. The molecule has 6 heteroatoms. The van der Waals surface area contributed by atoms with Gasteiger partial charge in [0.25, 0.3) is 0 Å². The van der Waals surface area contributed by atoms with Crippen LogP contribution in [0.3, 0.4) is 0 Å². The summed E-state index contributed by atoms with van der Waals surface area (Å²) in [6.45, 7) is 4.50. The molecule has 23 heavy (non-hydrogen) atoms. The highest BCUT2D eigenvalue weighted by Gasteiger charge is 2.32. The average Bonchev–Trinajstić information content (AvgIpc) is 2.47. The molecular formula is C17H37NO4S. The second kappa shape index (κ2) is 12.2. The van der Waals surface area contributed by atoms with E-state index in [4.69, 9.17) is 5.11 Å². The Labute approximate surface area is 143 Å². The lowest BCUT2D eigenvalue weighted by Gasteiger charge is -2.40. The van der Waals surface area contributed by atoms with Gasteiger partial charge in [-0.2, -0.15) is 0 Å². The first-order chi connectivity index (χ1) is 10.8. The normalized spacial score (nSPS) is 16.2. The van der Waals surface area contributed by atoms with Gasteiger partial charge in [-0.1, -0.05) is 58.3 Å². The Morgan fingerprint density at radius 1 is 0.913 bits per heavy atom. The fourth-order valence-corrected chi connectivity index (χ4v) is 3.81. The maximum absolute atomic E-state index is 11.3. The molecular weight excluding hydrogens is 314 g/mol. The van der Waals surface area contributed by atoms with Gasteiger partial charge in [-0.3, -0.25) is 0 Å². The molecule has 0 aromatic carbocycles. The van der Waals surface area contributed by atoms with Crippen LogP contribution >= 0.6 is 0 Å². The summed E-state index contributed by atoms with van der Waals surface area (Å²) < 4.78 is 34.0. The van der Waals surface area contributed by atoms with Crippen LogP contribution < -0.4 is 0 Å². The fraction of sp³-hybridized carbons (Fsp3) is 1.00. The number of aliphatic hydroxyl groups is 1. The summed E-state index contributed by atoms with van der Waals surface area (Å²) in [5.74, 6) is 0. The fourth-order valence-electron chi connectivity index (χ4n) is 2.98. The van der Waals surface area contributed by atoms with E-state index in [9.17, 15) is 13.0 Å². The number of quaternary nitrogens is 1. The minimum Gasteiger partial charge on any atom is -0.743 e. The van der Waals surface area contributed by atoms with Crippen LogP contribution in [0.25, 0.3) is 0 Å². The second-order valence-corrected chi connectivity index (χ2v) is 8.59. The molecule has 0 amide bonds. The summed E-state index contributed by atoms with van der Waals surface area (Å²) >= 11 is 0. The standard InChI is InChI=1S/C17H37NO4S/c1-4-5-6-7-8-9-10-11-12-13-14-18(3,15-16-19)17(2)23(20,21)22/h17,19H,4-16H2,1-3H3. The van der Waals surface area contributed by atoms with E-state index in [1.165, 1.54) is 51.9 Å². The van der Waals surface area contributed by atoms with Crippen LogP contribution in [0.5, 0.6) is 0 Å². The van der Waals surface area contributed by atoms with E-state index in [-0.39, 0.29) is 11.1 Å². The summed E-state index contributed by atoms with van der Waals surface area (Å²) in [7, 11) is -2.58. The van der Waals surface area contributed by atoms with E-state index >= 15 is 0 Å². The van der Waals surface area contributed by atoms with Crippen molar-refractivity contribution in [3.05, 3.63) is 0 Å².